The highest BCUT2D eigenvalue weighted by Gasteiger charge is 2.35. The topological polar surface area (TPSA) is 93.1 Å². The number of amides is 2. The summed E-state index contributed by atoms with van der Waals surface area (Å²) in [7, 11) is 1.39. The minimum atomic E-state index is -1.16. The summed E-state index contributed by atoms with van der Waals surface area (Å²) in [5.74, 6) is -1.26. The molecule has 0 saturated carbocycles. The molecule has 0 aliphatic carbocycles. The standard InChI is InChI=1S/C24H18ClNO6S/c1-31-19-10-14(9-18(25)22(19)32-13-21(27)28)11-20-23(29)26(24(30)33-20)12-16-7-4-6-15-5-2-3-8-17(15)16/h2-11H,12-13H2,1H3,(H,27,28)/b20-11-. The van der Waals surface area contributed by atoms with E-state index in [2.05, 4.69) is 0 Å². The summed E-state index contributed by atoms with van der Waals surface area (Å²) in [5.41, 5.74) is 1.39. The van der Waals surface area contributed by atoms with Crippen LogP contribution in [0.2, 0.25) is 5.02 Å². The van der Waals surface area contributed by atoms with Crippen molar-refractivity contribution in [1.82, 2.24) is 4.90 Å². The molecule has 1 N–H and O–H groups in total. The molecule has 7 nitrogen and oxygen atoms in total. The van der Waals surface area contributed by atoms with Crippen molar-refractivity contribution in [3.8, 4) is 11.5 Å². The SMILES string of the molecule is COc1cc(/C=C2\SC(=O)N(Cc3cccc4ccccc34)C2=O)cc(Cl)c1OCC(=O)O. The highest BCUT2D eigenvalue weighted by atomic mass is 35.5. The summed E-state index contributed by atoms with van der Waals surface area (Å²) in [6.45, 7) is -0.419. The van der Waals surface area contributed by atoms with Crippen molar-refractivity contribution < 1.29 is 29.0 Å². The second kappa shape index (κ2) is 9.56. The van der Waals surface area contributed by atoms with Crippen LogP contribution in [0, 0.1) is 0 Å². The van der Waals surface area contributed by atoms with Crippen LogP contribution in [0.3, 0.4) is 0 Å². The molecule has 1 saturated heterocycles. The third-order valence-corrected chi connectivity index (χ3v) is 6.16. The Morgan fingerprint density at radius 3 is 2.67 bits per heavy atom. The normalized spacial score (nSPS) is 14.8. The number of fused-ring (bicyclic) bond motifs is 1. The Balaban J connectivity index is 1.60. The lowest BCUT2D eigenvalue weighted by Crippen LogP contribution is -2.27. The maximum atomic E-state index is 13.0. The monoisotopic (exact) mass is 483 g/mol. The summed E-state index contributed by atoms with van der Waals surface area (Å²) in [6, 6.07) is 16.6. The number of hydrogen-bond acceptors (Lipinski definition) is 6. The molecular formula is C24H18ClNO6S. The van der Waals surface area contributed by atoms with Crippen LogP contribution < -0.4 is 9.47 Å². The molecule has 2 amide bonds. The van der Waals surface area contributed by atoms with Crippen molar-refractivity contribution in [2.45, 2.75) is 6.54 Å². The number of carbonyl (C=O) groups is 3. The van der Waals surface area contributed by atoms with Gasteiger partial charge in [0.05, 0.1) is 23.6 Å². The Morgan fingerprint density at radius 2 is 1.91 bits per heavy atom. The van der Waals surface area contributed by atoms with Crippen molar-refractivity contribution in [3.63, 3.8) is 0 Å². The number of rotatable bonds is 7. The minimum absolute atomic E-state index is 0.0859. The maximum Gasteiger partial charge on any atom is 0.341 e. The zero-order valence-electron chi connectivity index (χ0n) is 17.4. The lowest BCUT2D eigenvalue weighted by Gasteiger charge is -2.14. The van der Waals surface area contributed by atoms with Gasteiger partial charge in [0.2, 0.25) is 0 Å². The lowest BCUT2D eigenvalue weighted by atomic mass is 10.0. The number of hydrogen-bond donors (Lipinski definition) is 1. The number of imide groups is 1. The van der Waals surface area contributed by atoms with Crippen LogP contribution in [0.25, 0.3) is 16.8 Å². The first kappa shape index (κ1) is 22.7. The van der Waals surface area contributed by atoms with Crippen LogP contribution in [0.15, 0.2) is 59.5 Å². The zero-order valence-corrected chi connectivity index (χ0v) is 19.0. The number of benzene rings is 3. The molecular weight excluding hydrogens is 466 g/mol. The van der Waals surface area contributed by atoms with Crippen LogP contribution in [0.5, 0.6) is 11.5 Å². The fourth-order valence-corrected chi connectivity index (χ4v) is 4.60. The summed E-state index contributed by atoms with van der Waals surface area (Å²) in [4.78, 5) is 37.9. The molecule has 3 aromatic carbocycles. The molecule has 1 aliphatic heterocycles. The molecule has 0 spiro atoms. The lowest BCUT2D eigenvalue weighted by molar-refractivity contribution is -0.139. The van der Waals surface area contributed by atoms with Crippen molar-refractivity contribution in [2.24, 2.45) is 0 Å². The largest absolute Gasteiger partial charge is 0.493 e. The van der Waals surface area contributed by atoms with Gasteiger partial charge in [0.25, 0.3) is 11.1 Å². The second-order valence-corrected chi connectivity index (χ2v) is 8.52. The van der Waals surface area contributed by atoms with E-state index in [0.717, 1.165) is 28.1 Å². The van der Waals surface area contributed by atoms with E-state index in [-0.39, 0.29) is 33.2 Å². The van der Waals surface area contributed by atoms with Gasteiger partial charge < -0.3 is 14.6 Å². The molecule has 1 fully saturated rings. The molecule has 0 radical (unpaired) electrons. The number of carboxylic acids is 1. The van der Waals surface area contributed by atoms with Gasteiger partial charge in [-0.2, -0.15) is 0 Å². The Labute approximate surface area is 198 Å². The number of methoxy groups -OCH3 is 1. The average Bonchev–Trinajstić information content (AvgIpc) is 3.05. The van der Waals surface area contributed by atoms with Crippen LogP contribution in [0.1, 0.15) is 11.1 Å². The summed E-state index contributed by atoms with van der Waals surface area (Å²) < 4.78 is 10.4. The molecule has 4 rings (SSSR count). The van der Waals surface area contributed by atoms with E-state index in [1.807, 2.05) is 42.5 Å². The highest BCUT2D eigenvalue weighted by molar-refractivity contribution is 8.18. The van der Waals surface area contributed by atoms with Crippen LogP contribution in [-0.2, 0) is 16.1 Å². The van der Waals surface area contributed by atoms with E-state index in [1.54, 1.807) is 12.1 Å². The Bertz CT molecular complexity index is 1300. The van der Waals surface area contributed by atoms with Crippen molar-refractivity contribution in [2.75, 3.05) is 13.7 Å². The molecule has 1 heterocycles. The number of thioether (sulfide) groups is 1. The van der Waals surface area contributed by atoms with E-state index in [0.29, 0.717) is 5.56 Å². The third kappa shape index (κ3) is 4.81. The van der Waals surface area contributed by atoms with Gasteiger partial charge in [-0.25, -0.2) is 4.79 Å². The fraction of sp³-hybridized carbons (Fsp3) is 0.125. The van der Waals surface area contributed by atoms with Crippen LogP contribution >= 0.6 is 23.4 Å². The first-order valence-electron chi connectivity index (χ1n) is 9.81. The molecule has 1 aliphatic rings. The summed E-state index contributed by atoms with van der Waals surface area (Å²) in [5, 5.41) is 10.6. The van der Waals surface area contributed by atoms with E-state index in [9.17, 15) is 14.4 Å². The number of halogens is 1. The van der Waals surface area contributed by atoms with Crippen LogP contribution in [0.4, 0.5) is 4.79 Å². The summed E-state index contributed by atoms with van der Waals surface area (Å²) in [6.07, 6.45) is 1.55. The van der Waals surface area contributed by atoms with Gasteiger partial charge in [-0.3, -0.25) is 14.5 Å². The molecule has 168 valence electrons. The van der Waals surface area contributed by atoms with Crippen molar-refractivity contribution >= 4 is 57.3 Å². The molecule has 33 heavy (non-hydrogen) atoms. The Hall–Kier alpha value is -3.49. The quantitative estimate of drug-likeness (QED) is 0.461. The van der Waals surface area contributed by atoms with Gasteiger partial charge in [-0.15, -0.1) is 0 Å². The highest BCUT2D eigenvalue weighted by Crippen LogP contribution is 2.39. The van der Waals surface area contributed by atoms with Crippen molar-refractivity contribution in [1.29, 1.82) is 0 Å². The van der Waals surface area contributed by atoms with Gasteiger partial charge in [0.1, 0.15) is 0 Å². The van der Waals surface area contributed by atoms with Gasteiger partial charge >= 0.3 is 5.97 Å². The first-order chi connectivity index (χ1) is 15.9. The van der Waals surface area contributed by atoms with E-state index >= 15 is 0 Å². The fourth-order valence-electron chi connectivity index (χ4n) is 3.49. The number of aliphatic carboxylic acids is 1. The van der Waals surface area contributed by atoms with Gasteiger partial charge in [0.15, 0.2) is 18.1 Å². The van der Waals surface area contributed by atoms with E-state index in [4.69, 9.17) is 26.2 Å². The smallest absolute Gasteiger partial charge is 0.341 e. The molecule has 3 aromatic rings. The summed E-state index contributed by atoms with van der Waals surface area (Å²) >= 11 is 7.09. The maximum absolute atomic E-state index is 13.0. The molecule has 0 atom stereocenters. The predicted molar refractivity (Wildman–Crippen MR) is 127 cm³/mol. The number of nitrogens with zero attached hydrogens (tertiary/aromatic N) is 1. The molecule has 0 unspecified atom stereocenters. The molecule has 0 aromatic heterocycles. The van der Waals surface area contributed by atoms with E-state index < -0.39 is 18.5 Å². The Kier molecular flexibility index (Phi) is 6.57. The molecule has 9 heteroatoms. The molecule has 0 bridgehead atoms. The number of carboxylic acid groups (broad SMARTS) is 1. The average molecular weight is 484 g/mol. The third-order valence-electron chi connectivity index (χ3n) is 4.97. The van der Waals surface area contributed by atoms with Crippen LogP contribution in [-0.4, -0.2) is 40.8 Å². The number of carbonyl (C=O) groups excluding carboxylic acids is 2. The van der Waals surface area contributed by atoms with E-state index in [1.165, 1.54) is 18.1 Å². The van der Waals surface area contributed by atoms with Gasteiger partial charge in [-0.05, 0) is 51.9 Å². The Morgan fingerprint density at radius 1 is 1.15 bits per heavy atom. The first-order valence-corrected chi connectivity index (χ1v) is 11.0. The van der Waals surface area contributed by atoms with Gasteiger partial charge in [-0.1, -0.05) is 54.1 Å². The van der Waals surface area contributed by atoms with Crippen molar-refractivity contribution in [3.05, 3.63) is 75.7 Å². The predicted octanol–water partition coefficient (Wildman–Crippen LogP) is 5.20. The van der Waals surface area contributed by atoms with Gasteiger partial charge in [0, 0.05) is 0 Å². The number of ether oxygens (including phenoxy) is 2. The minimum Gasteiger partial charge on any atom is -0.493 e. The zero-order chi connectivity index (χ0) is 23.5. The second-order valence-electron chi connectivity index (χ2n) is 7.12.